The van der Waals surface area contributed by atoms with Crippen LogP contribution in [-0.2, 0) is 6.18 Å². The van der Waals surface area contributed by atoms with Crippen molar-refractivity contribution >= 4 is 38.1 Å². The Hall–Kier alpha value is -1.34. The van der Waals surface area contributed by atoms with Gasteiger partial charge in [0.15, 0.2) is 5.75 Å². The molecule has 0 N–H and O–H groups in total. The van der Waals surface area contributed by atoms with E-state index in [0.29, 0.717) is 0 Å². The average Bonchev–Trinajstić information content (AvgIpc) is 2.44. The maximum Gasteiger partial charge on any atom is 0.416 e. The normalized spacial score (nSPS) is 11.9. The lowest BCUT2D eigenvalue weighted by Gasteiger charge is -2.07. The van der Waals surface area contributed by atoms with Gasteiger partial charge in [0.1, 0.15) is 0 Å². The van der Waals surface area contributed by atoms with Crippen LogP contribution in [0.25, 0.3) is 0 Å². The van der Waals surface area contributed by atoms with Gasteiger partial charge in [0.25, 0.3) is 0 Å². The Labute approximate surface area is 142 Å². The summed E-state index contributed by atoms with van der Waals surface area (Å²) in [6.07, 6.45) is -2.98. The summed E-state index contributed by atoms with van der Waals surface area (Å²) in [6.45, 7) is 1.94. The van der Waals surface area contributed by atoms with Gasteiger partial charge in [0.05, 0.1) is 11.8 Å². The summed E-state index contributed by atoms with van der Waals surface area (Å²) in [5.74, 6) is 0.0244. The Morgan fingerprint density at radius 1 is 1.09 bits per heavy atom. The lowest BCUT2D eigenvalue weighted by Crippen LogP contribution is -2.04. The molecular weight excluding hydrogens is 427 g/mol. The van der Waals surface area contributed by atoms with Crippen LogP contribution in [0.3, 0.4) is 0 Å². The fourth-order valence-corrected chi connectivity index (χ4v) is 2.84. The highest BCUT2D eigenvalue weighted by Gasteiger charge is 2.30. The zero-order valence-corrected chi connectivity index (χ0v) is 14.5. The maximum absolute atomic E-state index is 12.6. The molecule has 0 bridgehead atoms. The van der Waals surface area contributed by atoms with Gasteiger partial charge in [-0.1, -0.05) is 43.1 Å². The van der Waals surface area contributed by atoms with Crippen molar-refractivity contribution in [1.29, 1.82) is 0 Å². The molecule has 2 aromatic rings. The molecule has 0 aromatic heterocycles. The van der Waals surface area contributed by atoms with Crippen LogP contribution in [0.4, 0.5) is 13.2 Å². The second kappa shape index (κ2) is 6.83. The lowest BCUT2D eigenvalue weighted by atomic mass is 10.2. The lowest BCUT2D eigenvalue weighted by molar-refractivity contribution is -0.137. The molecule has 2 rings (SSSR count). The van der Waals surface area contributed by atoms with Crippen LogP contribution < -0.4 is 4.84 Å². The molecule has 0 fully saturated rings. The predicted molar refractivity (Wildman–Crippen MR) is 86.2 cm³/mol. The molecule has 0 saturated carbocycles. The van der Waals surface area contributed by atoms with E-state index < -0.39 is 11.7 Å². The largest absolute Gasteiger partial charge is 0.416 e. The summed E-state index contributed by atoms with van der Waals surface area (Å²) in [5.41, 5.74) is 1.01. The van der Waals surface area contributed by atoms with Crippen molar-refractivity contribution in [2.24, 2.45) is 5.16 Å². The Morgan fingerprint density at radius 3 is 2.32 bits per heavy atom. The van der Waals surface area contributed by atoms with E-state index in [1.165, 1.54) is 18.3 Å². The van der Waals surface area contributed by atoms with Crippen molar-refractivity contribution in [3.8, 4) is 5.75 Å². The first-order valence-corrected chi connectivity index (χ1v) is 7.69. The molecule has 0 saturated heterocycles. The first kappa shape index (κ1) is 17.0. The fourth-order valence-electron chi connectivity index (χ4n) is 1.62. The summed E-state index contributed by atoms with van der Waals surface area (Å²) >= 11 is 6.82. The number of benzene rings is 2. The number of hydrogen-bond donors (Lipinski definition) is 0. The highest BCUT2D eigenvalue weighted by atomic mass is 79.9. The second-order valence-corrected chi connectivity index (χ2v) is 6.17. The molecular formula is C15H10Br2F3NO. The molecule has 0 atom stereocenters. The number of alkyl halides is 3. The SMILES string of the molecule is Cc1c(Br)cc(/C=N\Oc2cccc(C(F)(F)F)c2)cc1Br. The Balaban J connectivity index is 2.13. The van der Waals surface area contributed by atoms with E-state index in [-0.39, 0.29) is 5.75 Å². The monoisotopic (exact) mass is 435 g/mol. The van der Waals surface area contributed by atoms with E-state index in [2.05, 4.69) is 37.0 Å². The number of halogens is 5. The zero-order chi connectivity index (χ0) is 16.3. The molecule has 0 amide bonds. The van der Waals surface area contributed by atoms with E-state index in [4.69, 9.17) is 4.84 Å². The van der Waals surface area contributed by atoms with Gasteiger partial charge in [0.2, 0.25) is 0 Å². The number of rotatable bonds is 3. The number of hydrogen-bond acceptors (Lipinski definition) is 2. The Morgan fingerprint density at radius 2 is 1.73 bits per heavy atom. The van der Waals surface area contributed by atoms with Crippen LogP contribution in [0.15, 0.2) is 50.5 Å². The minimum atomic E-state index is -4.41. The van der Waals surface area contributed by atoms with E-state index in [1.54, 1.807) is 0 Å². The molecule has 0 aliphatic heterocycles. The first-order chi connectivity index (χ1) is 10.3. The van der Waals surface area contributed by atoms with Gasteiger partial charge >= 0.3 is 6.18 Å². The van der Waals surface area contributed by atoms with Gasteiger partial charge in [-0.25, -0.2) is 0 Å². The average molecular weight is 437 g/mol. The molecule has 2 aromatic carbocycles. The van der Waals surface area contributed by atoms with Crippen molar-refractivity contribution in [2.45, 2.75) is 13.1 Å². The van der Waals surface area contributed by atoms with Crippen LogP contribution in [0.2, 0.25) is 0 Å². The number of nitrogens with zero attached hydrogens (tertiary/aromatic N) is 1. The molecule has 116 valence electrons. The minimum absolute atomic E-state index is 0.0244. The van der Waals surface area contributed by atoms with Crippen molar-refractivity contribution < 1.29 is 18.0 Å². The van der Waals surface area contributed by atoms with Crippen molar-refractivity contribution in [2.75, 3.05) is 0 Å². The predicted octanol–water partition coefficient (Wildman–Crippen LogP) is 5.95. The molecule has 2 nitrogen and oxygen atoms in total. The van der Waals surface area contributed by atoms with Gasteiger partial charge < -0.3 is 4.84 Å². The smallest absolute Gasteiger partial charge is 0.357 e. The summed E-state index contributed by atoms with van der Waals surface area (Å²) in [6, 6.07) is 8.22. The van der Waals surface area contributed by atoms with Crippen LogP contribution in [0, 0.1) is 6.92 Å². The van der Waals surface area contributed by atoms with Gasteiger partial charge in [-0.05, 0) is 48.4 Å². The third kappa shape index (κ3) is 4.33. The second-order valence-electron chi connectivity index (χ2n) is 4.46. The third-order valence-electron chi connectivity index (χ3n) is 2.82. The summed E-state index contributed by atoms with van der Waals surface area (Å²) in [7, 11) is 0. The third-order valence-corrected chi connectivity index (χ3v) is 4.47. The molecule has 0 aliphatic carbocycles. The molecule has 0 spiro atoms. The Bertz CT molecular complexity index is 691. The van der Waals surface area contributed by atoms with E-state index >= 15 is 0 Å². The summed E-state index contributed by atoms with van der Waals surface area (Å²) in [4.78, 5) is 4.99. The topological polar surface area (TPSA) is 21.6 Å². The Kier molecular flexibility index (Phi) is 5.28. The highest BCUT2D eigenvalue weighted by molar-refractivity contribution is 9.11. The summed E-state index contributed by atoms with van der Waals surface area (Å²) < 4.78 is 39.5. The van der Waals surface area contributed by atoms with Crippen LogP contribution in [0.5, 0.6) is 5.75 Å². The van der Waals surface area contributed by atoms with Gasteiger partial charge in [-0.3, -0.25) is 0 Å². The minimum Gasteiger partial charge on any atom is -0.357 e. The van der Waals surface area contributed by atoms with Gasteiger partial charge in [0, 0.05) is 8.95 Å². The molecule has 0 aliphatic rings. The molecule has 0 radical (unpaired) electrons. The van der Waals surface area contributed by atoms with E-state index in [9.17, 15) is 13.2 Å². The quantitative estimate of drug-likeness (QED) is 0.430. The zero-order valence-electron chi connectivity index (χ0n) is 11.3. The van der Waals surface area contributed by atoms with E-state index in [0.717, 1.165) is 32.2 Å². The van der Waals surface area contributed by atoms with Crippen LogP contribution >= 0.6 is 31.9 Å². The maximum atomic E-state index is 12.6. The van der Waals surface area contributed by atoms with Gasteiger partial charge in [-0.15, -0.1) is 0 Å². The first-order valence-electron chi connectivity index (χ1n) is 6.10. The van der Waals surface area contributed by atoms with Crippen molar-refractivity contribution in [3.05, 3.63) is 62.0 Å². The molecule has 0 unspecified atom stereocenters. The molecule has 0 heterocycles. The summed E-state index contributed by atoms with van der Waals surface area (Å²) in [5, 5.41) is 3.71. The van der Waals surface area contributed by atoms with Crippen LogP contribution in [-0.4, -0.2) is 6.21 Å². The van der Waals surface area contributed by atoms with Crippen molar-refractivity contribution in [3.63, 3.8) is 0 Å². The number of oxime groups is 1. The van der Waals surface area contributed by atoms with E-state index in [1.807, 2.05) is 19.1 Å². The fraction of sp³-hybridized carbons (Fsp3) is 0.133. The highest BCUT2D eigenvalue weighted by Crippen LogP contribution is 2.31. The van der Waals surface area contributed by atoms with Gasteiger partial charge in [-0.2, -0.15) is 13.2 Å². The standard InChI is InChI=1S/C15H10Br2F3NO/c1-9-13(16)5-10(6-14(9)17)8-21-22-12-4-2-3-11(7-12)15(18,19)20/h2-8H,1H3/b21-8-. The van der Waals surface area contributed by atoms with Crippen molar-refractivity contribution in [1.82, 2.24) is 0 Å². The molecule has 22 heavy (non-hydrogen) atoms. The molecule has 7 heteroatoms. The van der Waals surface area contributed by atoms with Crippen LogP contribution in [0.1, 0.15) is 16.7 Å².